The summed E-state index contributed by atoms with van der Waals surface area (Å²) in [5.74, 6) is 0.539. The number of carbonyl (C=O) groups excluding carboxylic acids is 1. The number of amides is 1. The number of nitro groups is 1. The van der Waals surface area contributed by atoms with Crippen molar-refractivity contribution in [1.82, 2.24) is 9.88 Å². The summed E-state index contributed by atoms with van der Waals surface area (Å²) in [5, 5.41) is 15.3. The first-order chi connectivity index (χ1) is 17.0. The summed E-state index contributed by atoms with van der Waals surface area (Å²) in [5.41, 5.74) is 3.64. The van der Waals surface area contributed by atoms with Gasteiger partial charge in [-0.15, -0.1) is 0 Å². The summed E-state index contributed by atoms with van der Waals surface area (Å²) in [6.07, 6.45) is 3.86. The Morgan fingerprint density at radius 1 is 1.09 bits per heavy atom. The number of nitrogens with zero attached hydrogens (tertiary/aromatic N) is 3. The largest absolute Gasteiger partial charge is 0.497 e. The van der Waals surface area contributed by atoms with Crippen molar-refractivity contribution in [2.24, 2.45) is 4.99 Å². The minimum atomic E-state index is -0.407. The molecule has 0 spiro atoms. The zero-order chi connectivity index (χ0) is 24.4. The smallest absolute Gasteiger partial charge is 0.269 e. The molecule has 0 aliphatic carbocycles. The van der Waals surface area contributed by atoms with Crippen LogP contribution in [0.25, 0.3) is 17.0 Å². The van der Waals surface area contributed by atoms with Crippen molar-refractivity contribution in [1.29, 1.82) is 0 Å². The van der Waals surface area contributed by atoms with Crippen molar-refractivity contribution >= 4 is 51.2 Å². The molecule has 0 atom stereocenters. The second-order valence-electron chi connectivity index (χ2n) is 7.83. The van der Waals surface area contributed by atoms with Crippen LogP contribution >= 0.6 is 11.8 Å². The number of carbonyl (C=O) groups is 1. The van der Waals surface area contributed by atoms with E-state index >= 15 is 0 Å². The van der Waals surface area contributed by atoms with Gasteiger partial charge in [0.15, 0.2) is 5.17 Å². The molecule has 1 N–H and O–H groups in total. The maximum atomic E-state index is 12.6. The molecule has 174 valence electrons. The Kier molecular flexibility index (Phi) is 6.07. The lowest BCUT2D eigenvalue weighted by molar-refractivity contribution is -0.384. The molecule has 1 aromatic heterocycles. The number of para-hydroxylation sites is 1. The van der Waals surface area contributed by atoms with Gasteiger partial charge in [0, 0.05) is 41.3 Å². The van der Waals surface area contributed by atoms with E-state index in [0.29, 0.717) is 16.6 Å². The van der Waals surface area contributed by atoms with E-state index in [2.05, 4.69) is 14.9 Å². The standard InChI is InChI=1S/C26H20N4O4S/c1-34-21-12-8-19(9-13-21)27-26-28-25(31)24(35-26)14-18-16-29(23-5-3-2-4-22(18)23)15-17-6-10-20(11-7-17)30(32)33/h2-14,16H,15H2,1H3,(H,27,28,31)/b24-14+. The summed E-state index contributed by atoms with van der Waals surface area (Å²) >= 11 is 1.29. The van der Waals surface area contributed by atoms with E-state index in [4.69, 9.17) is 4.74 Å². The Hall–Kier alpha value is -4.37. The molecule has 0 radical (unpaired) electrons. The fourth-order valence-electron chi connectivity index (χ4n) is 3.84. The van der Waals surface area contributed by atoms with Gasteiger partial charge in [0.25, 0.3) is 11.6 Å². The minimum Gasteiger partial charge on any atom is -0.497 e. The Labute approximate surface area is 205 Å². The predicted molar refractivity (Wildman–Crippen MR) is 138 cm³/mol. The number of hydrogen-bond acceptors (Lipinski definition) is 6. The van der Waals surface area contributed by atoms with E-state index in [1.165, 1.54) is 23.9 Å². The first-order valence-electron chi connectivity index (χ1n) is 10.7. The number of methoxy groups -OCH3 is 1. The molecule has 2 heterocycles. The number of amidine groups is 1. The van der Waals surface area contributed by atoms with E-state index in [9.17, 15) is 14.9 Å². The van der Waals surface area contributed by atoms with E-state index in [-0.39, 0.29) is 11.6 Å². The lowest BCUT2D eigenvalue weighted by Gasteiger charge is -2.05. The van der Waals surface area contributed by atoms with Crippen molar-refractivity contribution < 1.29 is 14.5 Å². The van der Waals surface area contributed by atoms with Crippen LogP contribution in [0.5, 0.6) is 5.75 Å². The van der Waals surface area contributed by atoms with Crippen LogP contribution in [0.15, 0.2) is 88.9 Å². The molecule has 3 aromatic carbocycles. The summed E-state index contributed by atoms with van der Waals surface area (Å²) in [4.78, 5) is 28.2. The van der Waals surface area contributed by atoms with Crippen molar-refractivity contribution in [3.63, 3.8) is 0 Å². The van der Waals surface area contributed by atoms with Gasteiger partial charge in [-0.25, -0.2) is 4.99 Å². The highest BCUT2D eigenvalue weighted by atomic mass is 32.2. The molecule has 0 bridgehead atoms. The summed E-state index contributed by atoms with van der Waals surface area (Å²) in [7, 11) is 1.61. The maximum Gasteiger partial charge on any atom is 0.269 e. The van der Waals surface area contributed by atoms with Gasteiger partial charge < -0.3 is 14.6 Å². The Morgan fingerprint density at radius 2 is 1.83 bits per heavy atom. The molecule has 1 fully saturated rings. The Morgan fingerprint density at radius 3 is 2.54 bits per heavy atom. The molecule has 1 saturated heterocycles. The van der Waals surface area contributed by atoms with Gasteiger partial charge in [0.2, 0.25) is 0 Å². The number of thioether (sulfide) groups is 1. The van der Waals surface area contributed by atoms with Gasteiger partial charge in [0.1, 0.15) is 5.75 Å². The molecule has 1 amide bonds. The SMILES string of the molecule is COc1ccc(N=C2NC(=O)/C(=C\c3cn(Cc4ccc([N+](=O)[O-])cc4)c4ccccc34)S2)cc1. The monoisotopic (exact) mass is 484 g/mol. The zero-order valence-corrected chi connectivity index (χ0v) is 19.5. The predicted octanol–water partition coefficient (Wildman–Crippen LogP) is 5.50. The molecule has 35 heavy (non-hydrogen) atoms. The third-order valence-corrected chi connectivity index (χ3v) is 6.47. The van der Waals surface area contributed by atoms with Gasteiger partial charge in [0.05, 0.1) is 22.6 Å². The maximum absolute atomic E-state index is 12.6. The first kappa shape index (κ1) is 22.4. The number of nitro benzene ring substituents is 1. The molecule has 1 aliphatic rings. The number of benzene rings is 3. The third kappa shape index (κ3) is 4.80. The zero-order valence-electron chi connectivity index (χ0n) is 18.7. The van der Waals surface area contributed by atoms with Gasteiger partial charge in [-0.1, -0.05) is 30.3 Å². The van der Waals surface area contributed by atoms with Crippen LogP contribution in [-0.2, 0) is 11.3 Å². The number of hydrogen-bond donors (Lipinski definition) is 1. The van der Waals surface area contributed by atoms with Crippen molar-refractivity contribution in [3.8, 4) is 5.75 Å². The number of non-ortho nitro benzene ring substituents is 1. The highest BCUT2D eigenvalue weighted by Gasteiger charge is 2.24. The van der Waals surface area contributed by atoms with E-state index < -0.39 is 4.92 Å². The van der Waals surface area contributed by atoms with Crippen LogP contribution in [0.3, 0.4) is 0 Å². The van der Waals surface area contributed by atoms with Crippen LogP contribution in [-0.4, -0.2) is 27.7 Å². The summed E-state index contributed by atoms with van der Waals surface area (Å²) < 4.78 is 7.24. The van der Waals surface area contributed by atoms with Gasteiger partial charge in [-0.2, -0.15) is 0 Å². The molecule has 8 nitrogen and oxygen atoms in total. The van der Waals surface area contributed by atoms with Crippen LogP contribution in [0.2, 0.25) is 0 Å². The number of ether oxygens (including phenoxy) is 1. The number of fused-ring (bicyclic) bond motifs is 1. The fraction of sp³-hybridized carbons (Fsp3) is 0.0769. The van der Waals surface area contributed by atoms with Gasteiger partial charge in [-0.05, 0) is 53.7 Å². The summed E-state index contributed by atoms with van der Waals surface area (Å²) in [6, 6.07) is 21.8. The molecular weight excluding hydrogens is 464 g/mol. The highest BCUT2D eigenvalue weighted by Crippen LogP contribution is 2.31. The number of nitrogens with one attached hydrogen (secondary N) is 1. The van der Waals surface area contributed by atoms with Crippen LogP contribution < -0.4 is 10.1 Å². The molecule has 5 rings (SSSR count). The van der Waals surface area contributed by atoms with E-state index in [1.807, 2.05) is 60.8 Å². The average Bonchev–Trinajstić information content (AvgIpc) is 3.39. The molecule has 4 aromatic rings. The topological polar surface area (TPSA) is 98.8 Å². The second kappa shape index (κ2) is 9.47. The average molecular weight is 485 g/mol. The number of aliphatic imine (C=N–C) groups is 1. The van der Waals surface area contributed by atoms with Crippen LogP contribution in [0, 0.1) is 10.1 Å². The van der Waals surface area contributed by atoms with E-state index in [0.717, 1.165) is 33.5 Å². The molecule has 0 saturated carbocycles. The van der Waals surface area contributed by atoms with Crippen molar-refractivity contribution in [2.75, 3.05) is 7.11 Å². The fourth-order valence-corrected chi connectivity index (χ4v) is 4.67. The number of rotatable bonds is 6. The third-order valence-electron chi connectivity index (χ3n) is 5.56. The second-order valence-corrected chi connectivity index (χ2v) is 8.86. The molecular formula is C26H20N4O4S. The van der Waals surface area contributed by atoms with Gasteiger partial charge >= 0.3 is 0 Å². The van der Waals surface area contributed by atoms with E-state index in [1.54, 1.807) is 19.2 Å². The van der Waals surface area contributed by atoms with Gasteiger partial charge in [-0.3, -0.25) is 14.9 Å². The lowest BCUT2D eigenvalue weighted by atomic mass is 10.1. The highest BCUT2D eigenvalue weighted by molar-refractivity contribution is 8.18. The number of aromatic nitrogens is 1. The van der Waals surface area contributed by atoms with Crippen LogP contribution in [0.4, 0.5) is 11.4 Å². The Balaban J connectivity index is 1.42. The lowest BCUT2D eigenvalue weighted by Crippen LogP contribution is -2.19. The Bertz CT molecular complexity index is 1490. The normalized spacial score (nSPS) is 15.6. The summed E-state index contributed by atoms with van der Waals surface area (Å²) in [6.45, 7) is 0.547. The quantitative estimate of drug-likeness (QED) is 0.221. The minimum absolute atomic E-state index is 0.0629. The van der Waals surface area contributed by atoms with Crippen molar-refractivity contribution in [3.05, 3.63) is 105 Å². The molecule has 9 heteroatoms. The van der Waals surface area contributed by atoms with Crippen molar-refractivity contribution in [2.45, 2.75) is 6.54 Å². The van der Waals surface area contributed by atoms with Crippen LogP contribution in [0.1, 0.15) is 11.1 Å². The molecule has 1 aliphatic heterocycles. The first-order valence-corrected chi connectivity index (χ1v) is 11.6. The molecule has 0 unspecified atom stereocenters.